The van der Waals surface area contributed by atoms with Gasteiger partial charge >= 0.3 is 0 Å². The Labute approximate surface area is 59.9 Å². The van der Waals surface area contributed by atoms with Crippen LogP contribution in [0.15, 0.2) is 4.52 Å². The maximum absolute atomic E-state index is 8.35. The molecular formula is C6H12N2O2. The fourth-order valence-corrected chi connectivity index (χ4v) is 0.404. The number of aromatic nitrogens is 2. The standard InChI is InChI=1S/C4H6N2O2.C2H6/c1-3-5-4(2-7)8-6-3;1-2/h7H,2H2,1H3;1-2H3. The highest BCUT2D eigenvalue weighted by atomic mass is 16.5. The monoisotopic (exact) mass is 144 g/mol. The summed E-state index contributed by atoms with van der Waals surface area (Å²) in [4.78, 5) is 3.70. The van der Waals surface area contributed by atoms with Crippen LogP contribution in [0.25, 0.3) is 0 Å². The van der Waals surface area contributed by atoms with Crippen molar-refractivity contribution in [1.29, 1.82) is 0 Å². The van der Waals surface area contributed by atoms with Crippen molar-refractivity contribution in [2.45, 2.75) is 27.4 Å². The molecule has 0 saturated carbocycles. The molecule has 1 N–H and O–H groups in total. The molecule has 0 radical (unpaired) electrons. The molecule has 10 heavy (non-hydrogen) atoms. The van der Waals surface area contributed by atoms with Gasteiger partial charge < -0.3 is 9.63 Å². The van der Waals surface area contributed by atoms with Gasteiger partial charge in [-0.25, -0.2) is 0 Å². The van der Waals surface area contributed by atoms with Crippen LogP contribution in [0.2, 0.25) is 0 Å². The molecule has 0 fully saturated rings. The first-order chi connectivity index (χ1) is 4.83. The Hall–Kier alpha value is -0.900. The molecule has 0 atom stereocenters. The predicted octanol–water partition coefficient (Wildman–Crippen LogP) is 0.897. The van der Waals surface area contributed by atoms with Crippen LogP contribution in [0.5, 0.6) is 0 Å². The van der Waals surface area contributed by atoms with E-state index in [-0.39, 0.29) is 12.5 Å². The smallest absolute Gasteiger partial charge is 0.252 e. The highest BCUT2D eigenvalue weighted by Gasteiger charge is 1.96. The molecule has 0 saturated heterocycles. The molecule has 4 nitrogen and oxygen atoms in total. The van der Waals surface area contributed by atoms with Crippen molar-refractivity contribution in [3.05, 3.63) is 11.7 Å². The number of hydrogen-bond donors (Lipinski definition) is 1. The van der Waals surface area contributed by atoms with Gasteiger partial charge in [-0.1, -0.05) is 19.0 Å². The number of hydrogen-bond acceptors (Lipinski definition) is 4. The van der Waals surface area contributed by atoms with Crippen LogP contribution in [-0.4, -0.2) is 15.2 Å². The third-order valence-corrected chi connectivity index (χ3v) is 0.705. The van der Waals surface area contributed by atoms with Gasteiger partial charge in [-0.2, -0.15) is 4.98 Å². The molecule has 0 unspecified atom stereocenters. The van der Waals surface area contributed by atoms with Gasteiger partial charge in [-0.3, -0.25) is 0 Å². The first kappa shape index (κ1) is 9.10. The summed E-state index contributed by atoms with van der Waals surface area (Å²) in [6, 6.07) is 0. The largest absolute Gasteiger partial charge is 0.387 e. The molecular weight excluding hydrogens is 132 g/mol. The number of aliphatic hydroxyl groups excluding tert-OH is 1. The highest BCUT2D eigenvalue weighted by molar-refractivity contribution is 4.79. The van der Waals surface area contributed by atoms with Gasteiger partial charge in [0.2, 0.25) is 0 Å². The summed E-state index contributed by atoms with van der Waals surface area (Å²) in [5, 5.41) is 11.8. The zero-order valence-corrected chi connectivity index (χ0v) is 6.46. The van der Waals surface area contributed by atoms with Crippen LogP contribution in [0.3, 0.4) is 0 Å². The van der Waals surface area contributed by atoms with E-state index in [9.17, 15) is 0 Å². The van der Waals surface area contributed by atoms with Gasteiger partial charge in [-0.05, 0) is 6.92 Å². The SMILES string of the molecule is CC.Cc1noc(CO)n1. The highest BCUT2D eigenvalue weighted by Crippen LogP contribution is 1.92. The minimum absolute atomic E-state index is 0.180. The molecule has 0 aliphatic heterocycles. The van der Waals surface area contributed by atoms with Gasteiger partial charge in [0.25, 0.3) is 5.89 Å². The molecule has 0 aliphatic rings. The second-order valence-electron chi connectivity index (χ2n) is 1.39. The molecule has 1 aromatic rings. The third-order valence-electron chi connectivity index (χ3n) is 0.705. The summed E-state index contributed by atoms with van der Waals surface area (Å²) in [5.74, 6) is 0.816. The summed E-state index contributed by atoms with van der Waals surface area (Å²) in [7, 11) is 0. The van der Waals surface area contributed by atoms with E-state index in [0.29, 0.717) is 5.82 Å². The zero-order valence-electron chi connectivity index (χ0n) is 6.46. The average molecular weight is 144 g/mol. The summed E-state index contributed by atoms with van der Waals surface area (Å²) in [5.41, 5.74) is 0. The molecule has 1 aromatic heterocycles. The van der Waals surface area contributed by atoms with E-state index >= 15 is 0 Å². The number of aliphatic hydroxyl groups is 1. The summed E-state index contributed by atoms with van der Waals surface area (Å²) < 4.78 is 4.50. The molecule has 1 heterocycles. The Morgan fingerprint density at radius 3 is 2.30 bits per heavy atom. The first-order valence-corrected chi connectivity index (χ1v) is 3.23. The van der Waals surface area contributed by atoms with E-state index in [4.69, 9.17) is 5.11 Å². The maximum Gasteiger partial charge on any atom is 0.252 e. The Bertz CT molecular complexity index is 174. The molecule has 0 spiro atoms. The summed E-state index contributed by atoms with van der Waals surface area (Å²) >= 11 is 0. The summed E-state index contributed by atoms with van der Waals surface area (Å²) in [6.07, 6.45) is 0. The number of rotatable bonds is 1. The van der Waals surface area contributed by atoms with Crippen molar-refractivity contribution in [2.24, 2.45) is 0 Å². The third kappa shape index (κ3) is 2.59. The number of nitrogens with zero attached hydrogens (tertiary/aromatic N) is 2. The molecule has 0 amide bonds. The van der Waals surface area contributed by atoms with Crippen LogP contribution in [0, 0.1) is 6.92 Å². The Morgan fingerprint density at radius 1 is 1.50 bits per heavy atom. The maximum atomic E-state index is 8.35. The molecule has 0 aromatic carbocycles. The minimum atomic E-state index is -0.180. The van der Waals surface area contributed by atoms with Crippen LogP contribution in [0.1, 0.15) is 25.6 Å². The molecule has 4 heteroatoms. The van der Waals surface area contributed by atoms with E-state index in [2.05, 4.69) is 14.7 Å². The topological polar surface area (TPSA) is 59.2 Å². The second-order valence-corrected chi connectivity index (χ2v) is 1.39. The van der Waals surface area contributed by atoms with Crippen LogP contribution in [0.4, 0.5) is 0 Å². The van der Waals surface area contributed by atoms with Crippen molar-refractivity contribution in [1.82, 2.24) is 10.1 Å². The van der Waals surface area contributed by atoms with E-state index in [1.165, 1.54) is 0 Å². The van der Waals surface area contributed by atoms with E-state index in [0.717, 1.165) is 0 Å². The Balaban J connectivity index is 0.000000371. The fourth-order valence-electron chi connectivity index (χ4n) is 0.404. The zero-order chi connectivity index (χ0) is 7.98. The lowest BCUT2D eigenvalue weighted by Crippen LogP contribution is -1.80. The molecule has 58 valence electrons. The fraction of sp³-hybridized carbons (Fsp3) is 0.667. The van der Waals surface area contributed by atoms with Crippen molar-refractivity contribution in [2.75, 3.05) is 0 Å². The van der Waals surface area contributed by atoms with Crippen molar-refractivity contribution >= 4 is 0 Å². The molecule has 0 aliphatic carbocycles. The lowest BCUT2D eigenvalue weighted by Gasteiger charge is -1.75. The molecule has 0 bridgehead atoms. The lowest BCUT2D eigenvalue weighted by molar-refractivity contribution is 0.222. The predicted molar refractivity (Wildman–Crippen MR) is 36.3 cm³/mol. The Morgan fingerprint density at radius 2 is 2.10 bits per heavy atom. The van der Waals surface area contributed by atoms with Gasteiger partial charge in [0.05, 0.1) is 0 Å². The minimum Gasteiger partial charge on any atom is -0.387 e. The van der Waals surface area contributed by atoms with Crippen molar-refractivity contribution in [3.8, 4) is 0 Å². The van der Waals surface area contributed by atoms with Gasteiger partial charge in [0.15, 0.2) is 5.82 Å². The van der Waals surface area contributed by atoms with Crippen LogP contribution in [-0.2, 0) is 6.61 Å². The van der Waals surface area contributed by atoms with E-state index in [1.807, 2.05) is 13.8 Å². The van der Waals surface area contributed by atoms with Gasteiger partial charge in [0, 0.05) is 0 Å². The lowest BCUT2D eigenvalue weighted by atomic mass is 10.7. The van der Waals surface area contributed by atoms with Gasteiger partial charge in [-0.15, -0.1) is 0 Å². The Kier molecular flexibility index (Phi) is 4.49. The van der Waals surface area contributed by atoms with Crippen molar-refractivity contribution < 1.29 is 9.63 Å². The normalized spacial score (nSPS) is 8.40. The average Bonchev–Trinajstić information content (AvgIpc) is 2.40. The van der Waals surface area contributed by atoms with E-state index in [1.54, 1.807) is 6.92 Å². The van der Waals surface area contributed by atoms with Crippen LogP contribution >= 0.6 is 0 Å². The van der Waals surface area contributed by atoms with Crippen LogP contribution < -0.4 is 0 Å². The molecule has 1 rings (SSSR count). The quantitative estimate of drug-likeness (QED) is 0.636. The second kappa shape index (κ2) is 4.93. The summed E-state index contributed by atoms with van der Waals surface area (Å²) in [6.45, 7) is 5.52. The number of aryl methyl sites for hydroxylation is 1. The van der Waals surface area contributed by atoms with Crippen molar-refractivity contribution in [3.63, 3.8) is 0 Å². The first-order valence-electron chi connectivity index (χ1n) is 3.23. The van der Waals surface area contributed by atoms with E-state index < -0.39 is 0 Å². The van der Waals surface area contributed by atoms with Gasteiger partial charge in [0.1, 0.15) is 6.61 Å².